The monoisotopic (exact) mass is 427 g/mol. The third kappa shape index (κ3) is 4.13. The average Bonchev–Trinajstić information content (AvgIpc) is 3.38. The number of H-pyrrole nitrogens is 1. The zero-order chi connectivity index (χ0) is 21.1. The Balaban J connectivity index is 1.37. The summed E-state index contributed by atoms with van der Waals surface area (Å²) >= 11 is 0. The van der Waals surface area contributed by atoms with E-state index in [1.165, 1.54) is 4.31 Å². The van der Waals surface area contributed by atoms with E-state index in [-0.39, 0.29) is 18.2 Å². The molecule has 2 aromatic carbocycles. The summed E-state index contributed by atoms with van der Waals surface area (Å²) in [6.45, 7) is 0.653. The van der Waals surface area contributed by atoms with Crippen molar-refractivity contribution < 1.29 is 17.9 Å². The van der Waals surface area contributed by atoms with Crippen molar-refractivity contribution in [2.24, 2.45) is 0 Å². The molecule has 0 spiro atoms. The maximum Gasteiger partial charge on any atom is 0.251 e. The Morgan fingerprint density at radius 1 is 1.17 bits per heavy atom. The first-order valence-corrected chi connectivity index (χ1v) is 11.0. The molecule has 1 saturated heterocycles. The smallest absolute Gasteiger partial charge is 0.251 e. The third-order valence-electron chi connectivity index (χ3n) is 4.81. The van der Waals surface area contributed by atoms with E-state index < -0.39 is 10.0 Å². The maximum absolute atomic E-state index is 12.4. The molecule has 0 atom stereocenters. The van der Waals surface area contributed by atoms with Crippen molar-refractivity contribution in [1.82, 2.24) is 20.5 Å². The summed E-state index contributed by atoms with van der Waals surface area (Å²) in [6.07, 6.45) is 0.611. The van der Waals surface area contributed by atoms with Crippen molar-refractivity contribution >= 4 is 21.6 Å². The van der Waals surface area contributed by atoms with Crippen LogP contribution in [0.25, 0.3) is 11.4 Å². The van der Waals surface area contributed by atoms with E-state index >= 15 is 0 Å². The van der Waals surface area contributed by atoms with Crippen molar-refractivity contribution in [1.29, 1.82) is 0 Å². The molecular weight excluding hydrogens is 406 g/mol. The molecular formula is C20H21N5O4S. The van der Waals surface area contributed by atoms with Gasteiger partial charge in [0.05, 0.1) is 25.1 Å². The summed E-state index contributed by atoms with van der Waals surface area (Å²) < 4.78 is 30.5. The minimum Gasteiger partial charge on any atom is -0.497 e. The summed E-state index contributed by atoms with van der Waals surface area (Å²) in [5.41, 5.74) is 1.84. The number of hydrogen-bond donors (Lipinski definition) is 2. The van der Waals surface area contributed by atoms with Crippen LogP contribution in [-0.4, -0.2) is 48.9 Å². The minimum atomic E-state index is -3.24. The standard InChI is InChI=1S/C20H21N5O4S/c1-29-17-9-5-14(6-10-17)19-22-18(23-24-19)13-21-20(26)15-3-7-16(8-4-15)25-11-2-12-30(25,27)28/h3-10H,2,11-13H2,1H3,(H,21,26)(H,22,23,24). The number of anilines is 1. The number of rotatable bonds is 6. The van der Waals surface area contributed by atoms with Crippen LogP contribution in [0.4, 0.5) is 5.69 Å². The van der Waals surface area contributed by atoms with Crippen LogP contribution in [0, 0.1) is 0 Å². The van der Waals surface area contributed by atoms with E-state index in [9.17, 15) is 13.2 Å². The van der Waals surface area contributed by atoms with Crippen molar-refractivity contribution in [3.05, 3.63) is 59.9 Å². The molecule has 1 amide bonds. The molecule has 0 aliphatic carbocycles. The van der Waals surface area contributed by atoms with E-state index in [0.29, 0.717) is 35.9 Å². The summed E-state index contributed by atoms with van der Waals surface area (Å²) in [7, 11) is -1.64. The molecule has 156 valence electrons. The molecule has 30 heavy (non-hydrogen) atoms. The largest absolute Gasteiger partial charge is 0.497 e. The van der Waals surface area contributed by atoms with Gasteiger partial charge in [-0.2, -0.15) is 5.10 Å². The fourth-order valence-corrected chi connectivity index (χ4v) is 4.78. The topological polar surface area (TPSA) is 117 Å². The first-order valence-electron chi connectivity index (χ1n) is 9.41. The number of nitrogens with one attached hydrogen (secondary N) is 2. The predicted molar refractivity (Wildman–Crippen MR) is 112 cm³/mol. The van der Waals surface area contributed by atoms with Gasteiger partial charge in [0.15, 0.2) is 5.82 Å². The van der Waals surface area contributed by atoms with Gasteiger partial charge in [0, 0.05) is 17.7 Å². The number of aromatic nitrogens is 3. The van der Waals surface area contributed by atoms with Crippen LogP contribution < -0.4 is 14.4 Å². The van der Waals surface area contributed by atoms with Gasteiger partial charge in [-0.3, -0.25) is 14.2 Å². The molecule has 10 heteroatoms. The highest BCUT2D eigenvalue weighted by Gasteiger charge is 2.28. The van der Waals surface area contributed by atoms with Crippen LogP contribution in [0.5, 0.6) is 5.75 Å². The van der Waals surface area contributed by atoms with Gasteiger partial charge in [0.2, 0.25) is 10.0 Å². The molecule has 2 heterocycles. The molecule has 1 aromatic heterocycles. The lowest BCUT2D eigenvalue weighted by Gasteiger charge is -2.16. The number of nitrogens with zero attached hydrogens (tertiary/aromatic N) is 3. The molecule has 2 N–H and O–H groups in total. The molecule has 1 aliphatic rings. The lowest BCUT2D eigenvalue weighted by Crippen LogP contribution is -2.26. The Bertz CT molecular complexity index is 1140. The Labute approximate surface area is 174 Å². The molecule has 0 unspecified atom stereocenters. The molecule has 3 aromatic rings. The van der Waals surface area contributed by atoms with E-state index in [2.05, 4.69) is 20.5 Å². The van der Waals surface area contributed by atoms with Crippen LogP contribution in [0.3, 0.4) is 0 Å². The van der Waals surface area contributed by atoms with Gasteiger partial charge in [-0.05, 0) is 55.0 Å². The van der Waals surface area contributed by atoms with Gasteiger partial charge >= 0.3 is 0 Å². The highest BCUT2D eigenvalue weighted by molar-refractivity contribution is 7.93. The van der Waals surface area contributed by atoms with Crippen molar-refractivity contribution in [3.63, 3.8) is 0 Å². The first kappa shape index (κ1) is 19.9. The second kappa shape index (κ2) is 8.15. The van der Waals surface area contributed by atoms with Crippen LogP contribution in [0.2, 0.25) is 0 Å². The fraction of sp³-hybridized carbons (Fsp3) is 0.250. The van der Waals surface area contributed by atoms with Gasteiger partial charge in [0.25, 0.3) is 5.91 Å². The number of ether oxygens (including phenoxy) is 1. The van der Waals surface area contributed by atoms with Gasteiger partial charge in [-0.15, -0.1) is 0 Å². The molecule has 1 fully saturated rings. The molecule has 0 saturated carbocycles. The number of hydrogen-bond acceptors (Lipinski definition) is 6. The Hall–Kier alpha value is -3.40. The normalized spacial score (nSPS) is 15.2. The zero-order valence-corrected chi connectivity index (χ0v) is 17.1. The Morgan fingerprint density at radius 3 is 2.53 bits per heavy atom. The van der Waals surface area contributed by atoms with Crippen LogP contribution in [0.1, 0.15) is 22.6 Å². The predicted octanol–water partition coefficient (Wildman–Crippen LogP) is 1.95. The number of methoxy groups -OCH3 is 1. The van der Waals surface area contributed by atoms with E-state index in [1.54, 1.807) is 31.4 Å². The second-order valence-electron chi connectivity index (χ2n) is 6.81. The van der Waals surface area contributed by atoms with E-state index in [4.69, 9.17) is 4.74 Å². The van der Waals surface area contributed by atoms with Crippen molar-refractivity contribution in [2.45, 2.75) is 13.0 Å². The average molecular weight is 427 g/mol. The van der Waals surface area contributed by atoms with Crippen LogP contribution >= 0.6 is 0 Å². The van der Waals surface area contributed by atoms with E-state index in [1.807, 2.05) is 24.3 Å². The summed E-state index contributed by atoms with van der Waals surface area (Å²) in [5, 5.41) is 9.76. The van der Waals surface area contributed by atoms with Crippen LogP contribution in [0.15, 0.2) is 48.5 Å². The number of aromatic amines is 1. The number of carbonyl (C=O) groups excluding carboxylic acids is 1. The van der Waals surface area contributed by atoms with Crippen molar-refractivity contribution in [3.8, 4) is 17.1 Å². The molecule has 0 bridgehead atoms. The maximum atomic E-state index is 12.4. The Kier molecular flexibility index (Phi) is 5.40. The fourth-order valence-electron chi connectivity index (χ4n) is 3.22. The lowest BCUT2D eigenvalue weighted by molar-refractivity contribution is 0.0950. The zero-order valence-electron chi connectivity index (χ0n) is 16.3. The number of carbonyl (C=O) groups is 1. The van der Waals surface area contributed by atoms with Crippen molar-refractivity contribution in [2.75, 3.05) is 23.7 Å². The summed E-state index contributed by atoms with van der Waals surface area (Å²) in [5.74, 6) is 1.67. The highest BCUT2D eigenvalue weighted by atomic mass is 32.2. The minimum absolute atomic E-state index is 0.158. The van der Waals surface area contributed by atoms with Gasteiger partial charge in [-0.1, -0.05) is 0 Å². The van der Waals surface area contributed by atoms with Gasteiger partial charge in [0.1, 0.15) is 11.6 Å². The first-order chi connectivity index (χ1) is 14.5. The van der Waals surface area contributed by atoms with Gasteiger partial charge in [-0.25, -0.2) is 13.4 Å². The molecule has 9 nitrogen and oxygen atoms in total. The quantitative estimate of drug-likeness (QED) is 0.621. The molecule has 1 aliphatic heterocycles. The van der Waals surface area contributed by atoms with Crippen LogP contribution in [-0.2, 0) is 16.6 Å². The summed E-state index contributed by atoms with van der Waals surface area (Å²) in [6, 6.07) is 13.9. The summed E-state index contributed by atoms with van der Waals surface area (Å²) in [4.78, 5) is 16.8. The highest BCUT2D eigenvalue weighted by Crippen LogP contribution is 2.24. The lowest BCUT2D eigenvalue weighted by atomic mass is 10.2. The number of amides is 1. The molecule has 4 rings (SSSR count). The SMILES string of the molecule is COc1ccc(-c2n[nH]c(CNC(=O)c3ccc(N4CCCS4(=O)=O)cc3)n2)cc1. The van der Waals surface area contributed by atoms with Gasteiger partial charge < -0.3 is 10.1 Å². The Morgan fingerprint density at radius 2 is 1.90 bits per heavy atom. The third-order valence-corrected chi connectivity index (χ3v) is 6.68. The number of benzene rings is 2. The number of sulfonamides is 1. The van der Waals surface area contributed by atoms with E-state index in [0.717, 1.165) is 11.3 Å². The molecule has 0 radical (unpaired) electrons. The second-order valence-corrected chi connectivity index (χ2v) is 8.82.